The van der Waals surface area contributed by atoms with E-state index in [-0.39, 0.29) is 0 Å². The number of aryl methyl sites for hydroxylation is 1. The Morgan fingerprint density at radius 1 is 1.24 bits per heavy atom. The van der Waals surface area contributed by atoms with E-state index in [0.717, 1.165) is 18.7 Å². The highest BCUT2D eigenvalue weighted by molar-refractivity contribution is 5.47. The summed E-state index contributed by atoms with van der Waals surface area (Å²) in [6, 6.07) is 0.502. The van der Waals surface area contributed by atoms with Gasteiger partial charge in [0.25, 0.3) is 0 Å². The van der Waals surface area contributed by atoms with Crippen LogP contribution < -0.4 is 5.32 Å². The van der Waals surface area contributed by atoms with E-state index in [1.807, 2.05) is 0 Å². The lowest BCUT2D eigenvalue weighted by molar-refractivity contribution is 0.683. The van der Waals surface area contributed by atoms with Crippen molar-refractivity contribution in [2.45, 2.75) is 64.8 Å². The molecule has 94 valence electrons. The number of nitrogens with zero attached hydrogens (tertiary/aromatic N) is 2. The fourth-order valence-corrected chi connectivity index (χ4v) is 2.56. The molecule has 0 amide bonds. The van der Waals surface area contributed by atoms with Crippen molar-refractivity contribution in [1.82, 2.24) is 9.97 Å². The topological polar surface area (TPSA) is 37.8 Å². The van der Waals surface area contributed by atoms with Gasteiger partial charge in [-0.3, -0.25) is 0 Å². The molecule has 0 spiro atoms. The molecule has 1 atom stereocenters. The van der Waals surface area contributed by atoms with Gasteiger partial charge < -0.3 is 5.32 Å². The fourth-order valence-electron chi connectivity index (χ4n) is 2.56. The van der Waals surface area contributed by atoms with Gasteiger partial charge in [0.05, 0.1) is 0 Å². The summed E-state index contributed by atoms with van der Waals surface area (Å²) in [5.41, 5.74) is 2.64. The van der Waals surface area contributed by atoms with Gasteiger partial charge >= 0.3 is 0 Å². The predicted octanol–water partition coefficient (Wildman–Crippen LogP) is 3.35. The average molecular weight is 233 g/mol. The van der Waals surface area contributed by atoms with Gasteiger partial charge in [0, 0.05) is 17.3 Å². The maximum atomic E-state index is 4.44. The summed E-state index contributed by atoms with van der Waals surface area (Å²) in [7, 11) is 0. The third-order valence-electron chi connectivity index (χ3n) is 3.48. The minimum Gasteiger partial charge on any atom is -0.367 e. The summed E-state index contributed by atoms with van der Waals surface area (Å²) in [4.78, 5) is 8.88. The number of nitrogens with one attached hydrogen (secondary N) is 1. The number of fused-ring (bicyclic) bond motifs is 1. The Morgan fingerprint density at radius 3 is 2.88 bits per heavy atom. The molecule has 0 saturated heterocycles. The summed E-state index contributed by atoms with van der Waals surface area (Å²) in [5.74, 6) is 1.08. The molecule has 0 fully saturated rings. The number of hydrogen-bond acceptors (Lipinski definition) is 3. The second-order valence-corrected chi connectivity index (χ2v) is 5.04. The van der Waals surface area contributed by atoms with Gasteiger partial charge in [-0.25, -0.2) is 9.97 Å². The van der Waals surface area contributed by atoms with Crippen molar-refractivity contribution in [3.8, 4) is 0 Å². The first-order chi connectivity index (χ1) is 8.31. The lowest BCUT2D eigenvalue weighted by atomic mass is 10.1. The van der Waals surface area contributed by atoms with Crippen LogP contribution in [0.5, 0.6) is 0 Å². The van der Waals surface area contributed by atoms with Crippen molar-refractivity contribution < 1.29 is 0 Å². The molecule has 17 heavy (non-hydrogen) atoms. The molecule has 0 radical (unpaired) electrons. The Bertz CT molecular complexity index is 362. The molecule has 1 aromatic heterocycles. The van der Waals surface area contributed by atoms with Crippen LogP contribution in [0.4, 0.5) is 5.82 Å². The van der Waals surface area contributed by atoms with Crippen molar-refractivity contribution in [3.63, 3.8) is 0 Å². The maximum absolute atomic E-state index is 4.44. The molecule has 1 aliphatic carbocycles. The van der Waals surface area contributed by atoms with Crippen LogP contribution in [0.2, 0.25) is 0 Å². The lowest BCUT2D eigenvalue weighted by Crippen LogP contribution is -2.18. The van der Waals surface area contributed by atoms with Gasteiger partial charge in [-0.05, 0) is 39.0 Å². The number of anilines is 1. The van der Waals surface area contributed by atoms with E-state index in [4.69, 9.17) is 0 Å². The van der Waals surface area contributed by atoms with Crippen molar-refractivity contribution in [3.05, 3.63) is 17.6 Å². The molecule has 1 N–H and O–H groups in total. The quantitative estimate of drug-likeness (QED) is 0.810. The molecule has 3 heteroatoms. The van der Waals surface area contributed by atoms with Crippen LogP contribution in [-0.2, 0) is 12.8 Å². The number of rotatable bonds is 4. The van der Waals surface area contributed by atoms with Gasteiger partial charge in [-0.15, -0.1) is 0 Å². The zero-order valence-electron chi connectivity index (χ0n) is 11.0. The van der Waals surface area contributed by atoms with Crippen LogP contribution in [0.1, 0.15) is 57.2 Å². The Labute approximate surface area is 104 Å². The van der Waals surface area contributed by atoms with E-state index < -0.39 is 0 Å². The minimum absolute atomic E-state index is 0.502. The number of aromatic nitrogens is 2. The minimum atomic E-state index is 0.502. The molecule has 0 aromatic carbocycles. The molecule has 0 saturated carbocycles. The van der Waals surface area contributed by atoms with Crippen molar-refractivity contribution in [2.75, 3.05) is 5.32 Å². The van der Waals surface area contributed by atoms with Gasteiger partial charge in [-0.1, -0.05) is 19.8 Å². The summed E-state index contributed by atoms with van der Waals surface area (Å²) in [6.45, 7) is 4.45. The average Bonchev–Trinajstić information content (AvgIpc) is 2.55. The molecular weight excluding hydrogens is 210 g/mol. The van der Waals surface area contributed by atoms with E-state index >= 15 is 0 Å². The van der Waals surface area contributed by atoms with E-state index in [2.05, 4.69) is 29.1 Å². The largest absolute Gasteiger partial charge is 0.367 e. The van der Waals surface area contributed by atoms with Crippen molar-refractivity contribution in [2.24, 2.45) is 0 Å². The standard InChI is InChI=1S/C14H23N3/c1-3-7-11(2)17-14-12-8-5-4-6-9-13(12)15-10-16-14/h10-11H,3-9H2,1-2H3,(H,15,16,17). The van der Waals surface area contributed by atoms with Crippen LogP contribution in [0.15, 0.2) is 6.33 Å². The number of hydrogen-bond donors (Lipinski definition) is 1. The molecule has 3 nitrogen and oxygen atoms in total. The summed E-state index contributed by atoms with van der Waals surface area (Å²) in [5, 5.41) is 3.55. The third kappa shape index (κ3) is 3.18. The fraction of sp³-hybridized carbons (Fsp3) is 0.714. The van der Waals surface area contributed by atoms with Crippen LogP contribution in [-0.4, -0.2) is 16.0 Å². The maximum Gasteiger partial charge on any atom is 0.133 e. The summed E-state index contributed by atoms with van der Waals surface area (Å²) >= 11 is 0. The van der Waals surface area contributed by atoms with E-state index in [1.54, 1.807) is 6.33 Å². The Kier molecular flexibility index (Phi) is 4.35. The molecule has 1 unspecified atom stereocenters. The van der Waals surface area contributed by atoms with Crippen LogP contribution in [0, 0.1) is 0 Å². The molecule has 2 rings (SSSR count). The van der Waals surface area contributed by atoms with E-state index in [1.165, 1.54) is 43.4 Å². The second kappa shape index (κ2) is 5.99. The second-order valence-electron chi connectivity index (χ2n) is 5.04. The van der Waals surface area contributed by atoms with Gasteiger partial charge in [0.2, 0.25) is 0 Å². The van der Waals surface area contributed by atoms with E-state index in [9.17, 15) is 0 Å². The molecule has 1 heterocycles. The van der Waals surface area contributed by atoms with Crippen molar-refractivity contribution >= 4 is 5.82 Å². The van der Waals surface area contributed by atoms with Crippen LogP contribution in [0.3, 0.4) is 0 Å². The SMILES string of the molecule is CCCC(C)Nc1ncnc2c1CCCCC2. The zero-order valence-corrected chi connectivity index (χ0v) is 11.0. The van der Waals surface area contributed by atoms with Gasteiger partial charge in [0.1, 0.15) is 12.1 Å². The highest BCUT2D eigenvalue weighted by atomic mass is 15.0. The first-order valence-corrected chi connectivity index (χ1v) is 6.90. The third-order valence-corrected chi connectivity index (χ3v) is 3.48. The molecule has 1 aromatic rings. The monoisotopic (exact) mass is 233 g/mol. The molecule has 1 aliphatic rings. The first-order valence-electron chi connectivity index (χ1n) is 6.90. The summed E-state index contributed by atoms with van der Waals surface area (Å²) in [6.07, 6.45) is 10.2. The Balaban J connectivity index is 2.16. The highest BCUT2D eigenvalue weighted by Crippen LogP contribution is 2.24. The summed E-state index contributed by atoms with van der Waals surface area (Å²) < 4.78 is 0. The van der Waals surface area contributed by atoms with Crippen LogP contribution >= 0.6 is 0 Å². The van der Waals surface area contributed by atoms with Crippen LogP contribution in [0.25, 0.3) is 0 Å². The highest BCUT2D eigenvalue weighted by Gasteiger charge is 2.15. The molecule has 0 aliphatic heterocycles. The van der Waals surface area contributed by atoms with E-state index in [0.29, 0.717) is 6.04 Å². The first kappa shape index (κ1) is 12.3. The Hall–Kier alpha value is -1.12. The molecule has 0 bridgehead atoms. The van der Waals surface area contributed by atoms with Gasteiger partial charge in [0.15, 0.2) is 0 Å². The Morgan fingerprint density at radius 2 is 2.06 bits per heavy atom. The molecular formula is C14H23N3. The smallest absolute Gasteiger partial charge is 0.133 e. The van der Waals surface area contributed by atoms with Gasteiger partial charge in [-0.2, -0.15) is 0 Å². The normalized spacial score (nSPS) is 17.1. The zero-order chi connectivity index (χ0) is 12.1. The predicted molar refractivity (Wildman–Crippen MR) is 71.3 cm³/mol. The lowest BCUT2D eigenvalue weighted by Gasteiger charge is -2.17. The van der Waals surface area contributed by atoms with Crippen molar-refractivity contribution in [1.29, 1.82) is 0 Å².